The van der Waals surface area contributed by atoms with Crippen molar-refractivity contribution in [2.45, 2.75) is 26.2 Å². The molecule has 0 saturated carbocycles. The van der Waals surface area contributed by atoms with Crippen molar-refractivity contribution in [2.24, 2.45) is 0 Å². The number of piperidine rings is 1. The molecule has 3 rings (SSSR count). The molecule has 7 heteroatoms. The number of halogens is 1. The van der Waals surface area contributed by atoms with Crippen LogP contribution in [-0.2, 0) is 0 Å². The summed E-state index contributed by atoms with van der Waals surface area (Å²) in [7, 11) is 0. The van der Waals surface area contributed by atoms with E-state index in [9.17, 15) is 14.9 Å². The minimum absolute atomic E-state index is 0.0748. The highest BCUT2D eigenvalue weighted by atomic mass is 35.5. The molecule has 2 aromatic rings. The standard InChI is InChI=1S/C19H19ClN2O4/c1-13-11-15(20)6-8-18(13)26-19(23)14-5-7-16(17(12-14)22(24)25)21-9-3-2-4-10-21/h5-8,11-12H,2-4,9-10H2,1H3. The summed E-state index contributed by atoms with van der Waals surface area (Å²) in [5, 5.41) is 12.0. The van der Waals surface area contributed by atoms with Crippen molar-refractivity contribution >= 4 is 28.9 Å². The van der Waals surface area contributed by atoms with E-state index >= 15 is 0 Å². The number of anilines is 1. The Morgan fingerprint density at radius 2 is 1.88 bits per heavy atom. The van der Waals surface area contributed by atoms with Crippen LogP contribution in [0.15, 0.2) is 36.4 Å². The van der Waals surface area contributed by atoms with Gasteiger partial charge < -0.3 is 9.64 Å². The number of nitro benzene ring substituents is 1. The van der Waals surface area contributed by atoms with Gasteiger partial charge in [-0.15, -0.1) is 0 Å². The predicted octanol–water partition coefficient (Wildman–Crippen LogP) is 4.77. The van der Waals surface area contributed by atoms with Crippen molar-refractivity contribution < 1.29 is 14.5 Å². The SMILES string of the molecule is Cc1cc(Cl)ccc1OC(=O)c1ccc(N2CCCCC2)c([N+](=O)[O-])c1. The Balaban J connectivity index is 1.86. The Morgan fingerprint density at radius 3 is 2.54 bits per heavy atom. The van der Waals surface area contributed by atoms with Crippen molar-refractivity contribution in [3.8, 4) is 5.75 Å². The second-order valence-electron chi connectivity index (χ2n) is 6.31. The van der Waals surface area contributed by atoms with Crippen LogP contribution in [0, 0.1) is 17.0 Å². The topological polar surface area (TPSA) is 72.7 Å². The monoisotopic (exact) mass is 374 g/mol. The first-order valence-corrected chi connectivity index (χ1v) is 8.85. The van der Waals surface area contributed by atoms with Crippen LogP contribution in [0.1, 0.15) is 35.2 Å². The molecule has 2 aromatic carbocycles. The minimum Gasteiger partial charge on any atom is -0.423 e. The van der Waals surface area contributed by atoms with Crippen molar-refractivity contribution in [3.05, 3.63) is 62.7 Å². The zero-order valence-corrected chi connectivity index (χ0v) is 15.2. The lowest BCUT2D eigenvalue weighted by atomic mass is 10.1. The Kier molecular flexibility index (Phi) is 5.42. The zero-order chi connectivity index (χ0) is 18.7. The van der Waals surface area contributed by atoms with Gasteiger partial charge in [-0.3, -0.25) is 10.1 Å². The summed E-state index contributed by atoms with van der Waals surface area (Å²) in [4.78, 5) is 25.5. The van der Waals surface area contributed by atoms with E-state index in [0.29, 0.717) is 22.0 Å². The summed E-state index contributed by atoms with van der Waals surface area (Å²) in [6, 6.07) is 9.41. The molecule has 0 unspecified atom stereocenters. The first-order valence-electron chi connectivity index (χ1n) is 8.47. The van der Waals surface area contributed by atoms with Crippen LogP contribution in [0.25, 0.3) is 0 Å². The lowest BCUT2D eigenvalue weighted by Crippen LogP contribution is -2.30. The predicted molar refractivity (Wildman–Crippen MR) is 100 cm³/mol. The van der Waals surface area contributed by atoms with Gasteiger partial charge in [0.05, 0.1) is 10.5 Å². The average molecular weight is 375 g/mol. The second-order valence-corrected chi connectivity index (χ2v) is 6.74. The van der Waals surface area contributed by atoms with Gasteiger partial charge in [0.25, 0.3) is 5.69 Å². The first kappa shape index (κ1) is 18.2. The number of rotatable bonds is 4. The molecule has 26 heavy (non-hydrogen) atoms. The number of hydrogen-bond acceptors (Lipinski definition) is 5. The van der Waals surface area contributed by atoms with E-state index in [1.807, 2.05) is 4.90 Å². The van der Waals surface area contributed by atoms with Crippen LogP contribution in [0.2, 0.25) is 5.02 Å². The molecule has 1 aliphatic rings. The quantitative estimate of drug-likeness (QED) is 0.333. The van der Waals surface area contributed by atoms with Crippen molar-refractivity contribution in [1.29, 1.82) is 0 Å². The number of nitro groups is 1. The van der Waals surface area contributed by atoms with Crippen LogP contribution < -0.4 is 9.64 Å². The van der Waals surface area contributed by atoms with Gasteiger partial charge >= 0.3 is 5.97 Å². The van der Waals surface area contributed by atoms with Gasteiger partial charge in [0.2, 0.25) is 0 Å². The number of benzene rings is 2. The number of aryl methyl sites for hydroxylation is 1. The maximum atomic E-state index is 12.4. The molecule has 0 atom stereocenters. The molecular formula is C19H19ClN2O4. The number of carbonyl (C=O) groups is 1. The minimum atomic E-state index is -0.635. The lowest BCUT2D eigenvalue weighted by Gasteiger charge is -2.28. The third kappa shape index (κ3) is 3.96. The zero-order valence-electron chi connectivity index (χ0n) is 14.4. The van der Waals surface area contributed by atoms with E-state index in [1.165, 1.54) is 6.07 Å². The number of ether oxygens (including phenoxy) is 1. The van der Waals surface area contributed by atoms with E-state index in [4.69, 9.17) is 16.3 Å². The number of nitrogens with zero attached hydrogens (tertiary/aromatic N) is 2. The van der Waals surface area contributed by atoms with Gasteiger partial charge in [0.1, 0.15) is 11.4 Å². The second kappa shape index (κ2) is 7.74. The summed E-state index contributed by atoms with van der Waals surface area (Å²) >= 11 is 5.90. The molecule has 0 aromatic heterocycles. The highest BCUT2D eigenvalue weighted by molar-refractivity contribution is 6.30. The Labute approximate surface area is 156 Å². The largest absolute Gasteiger partial charge is 0.423 e. The van der Waals surface area contributed by atoms with Gasteiger partial charge in [0, 0.05) is 24.2 Å². The van der Waals surface area contributed by atoms with Crippen LogP contribution in [0.4, 0.5) is 11.4 Å². The summed E-state index contributed by atoms with van der Waals surface area (Å²) < 4.78 is 5.37. The average Bonchev–Trinajstić information content (AvgIpc) is 2.64. The van der Waals surface area contributed by atoms with Crippen LogP contribution in [0.3, 0.4) is 0 Å². The molecule has 0 N–H and O–H groups in total. The normalized spacial score (nSPS) is 14.2. The fourth-order valence-electron chi connectivity index (χ4n) is 3.08. The molecule has 1 heterocycles. The molecule has 1 saturated heterocycles. The molecule has 1 aliphatic heterocycles. The molecule has 0 radical (unpaired) electrons. The van der Waals surface area contributed by atoms with E-state index < -0.39 is 10.9 Å². The first-order chi connectivity index (χ1) is 12.5. The van der Waals surface area contributed by atoms with Crippen molar-refractivity contribution in [3.63, 3.8) is 0 Å². The van der Waals surface area contributed by atoms with Crippen molar-refractivity contribution in [1.82, 2.24) is 0 Å². The number of carbonyl (C=O) groups excluding carboxylic acids is 1. The number of esters is 1. The molecule has 6 nitrogen and oxygen atoms in total. The molecule has 0 spiro atoms. The van der Waals surface area contributed by atoms with Crippen LogP contribution in [-0.4, -0.2) is 24.0 Å². The van der Waals surface area contributed by atoms with E-state index in [1.54, 1.807) is 37.3 Å². The maximum Gasteiger partial charge on any atom is 0.343 e. The fraction of sp³-hybridized carbons (Fsp3) is 0.316. The van der Waals surface area contributed by atoms with Gasteiger partial charge in [-0.1, -0.05) is 11.6 Å². The smallest absolute Gasteiger partial charge is 0.343 e. The molecule has 1 fully saturated rings. The summed E-state index contributed by atoms with van der Waals surface area (Å²) in [5.41, 5.74) is 1.33. The highest BCUT2D eigenvalue weighted by Gasteiger charge is 2.24. The van der Waals surface area contributed by atoms with Crippen LogP contribution >= 0.6 is 11.6 Å². The lowest BCUT2D eigenvalue weighted by molar-refractivity contribution is -0.384. The third-order valence-electron chi connectivity index (χ3n) is 4.44. The van der Waals surface area contributed by atoms with E-state index in [2.05, 4.69) is 0 Å². The van der Waals surface area contributed by atoms with Gasteiger partial charge in [-0.2, -0.15) is 0 Å². The van der Waals surface area contributed by atoms with Crippen molar-refractivity contribution in [2.75, 3.05) is 18.0 Å². The highest BCUT2D eigenvalue weighted by Crippen LogP contribution is 2.32. The third-order valence-corrected chi connectivity index (χ3v) is 4.68. The van der Waals surface area contributed by atoms with E-state index in [-0.39, 0.29) is 11.3 Å². The Morgan fingerprint density at radius 1 is 1.15 bits per heavy atom. The summed E-state index contributed by atoms with van der Waals surface area (Å²) in [5.74, 6) is -0.258. The van der Waals surface area contributed by atoms with Gasteiger partial charge in [0.15, 0.2) is 0 Å². The van der Waals surface area contributed by atoms with Gasteiger partial charge in [-0.05, 0) is 62.1 Å². The molecular weight excluding hydrogens is 356 g/mol. The van der Waals surface area contributed by atoms with E-state index in [0.717, 1.165) is 32.4 Å². The number of hydrogen-bond donors (Lipinski definition) is 0. The fourth-order valence-corrected chi connectivity index (χ4v) is 3.31. The molecule has 136 valence electrons. The van der Waals surface area contributed by atoms with Crippen LogP contribution in [0.5, 0.6) is 5.75 Å². The Hall–Kier alpha value is -2.60. The van der Waals surface area contributed by atoms with Gasteiger partial charge in [-0.25, -0.2) is 4.79 Å². The molecule has 0 aliphatic carbocycles. The Bertz CT molecular complexity index is 847. The maximum absolute atomic E-state index is 12.4. The summed E-state index contributed by atoms with van der Waals surface area (Å²) in [6.07, 6.45) is 3.16. The molecule has 0 amide bonds. The molecule has 0 bridgehead atoms. The summed E-state index contributed by atoms with van der Waals surface area (Å²) in [6.45, 7) is 3.35.